The Kier molecular flexibility index (Phi) is 8.68. The van der Waals surface area contributed by atoms with E-state index in [1.807, 2.05) is 48.2 Å². The number of carbonyl (C=O) groups excluding carboxylic acids is 2. The fraction of sp³-hybridized carbons (Fsp3) is 0.273. The number of hydrogen-bond acceptors (Lipinski definition) is 6. The van der Waals surface area contributed by atoms with Gasteiger partial charge in [-0.15, -0.1) is 11.3 Å². The van der Waals surface area contributed by atoms with Crippen LogP contribution in [-0.4, -0.2) is 52.0 Å². The molecule has 216 valence electrons. The van der Waals surface area contributed by atoms with Gasteiger partial charge in [0.05, 0.1) is 15.4 Å². The van der Waals surface area contributed by atoms with Crippen LogP contribution in [0.3, 0.4) is 0 Å². The SMILES string of the molecule is Cc1ccc(NC(=O)c2nc(C(C)C)sc2-c2ccccc2)cc1C(=O)N1CCC(Oc2ccc(C(=O)O)cc2)CC1. The Morgan fingerprint density at radius 1 is 1.00 bits per heavy atom. The molecule has 0 unspecified atom stereocenters. The van der Waals surface area contributed by atoms with Crippen LogP contribution in [0.5, 0.6) is 5.75 Å². The van der Waals surface area contributed by atoms with Crippen molar-refractivity contribution in [3.05, 3.63) is 100 Å². The Morgan fingerprint density at radius 3 is 2.33 bits per heavy atom. The van der Waals surface area contributed by atoms with Gasteiger partial charge in [0.15, 0.2) is 0 Å². The molecule has 2 heterocycles. The second-order valence-corrected chi connectivity index (χ2v) is 11.7. The molecule has 9 heteroatoms. The van der Waals surface area contributed by atoms with Crippen LogP contribution in [-0.2, 0) is 0 Å². The van der Waals surface area contributed by atoms with E-state index in [-0.39, 0.29) is 29.4 Å². The minimum Gasteiger partial charge on any atom is -0.490 e. The highest BCUT2D eigenvalue weighted by Crippen LogP contribution is 2.34. The summed E-state index contributed by atoms with van der Waals surface area (Å²) in [6.07, 6.45) is 1.25. The van der Waals surface area contributed by atoms with E-state index in [0.717, 1.165) is 21.0 Å². The first-order valence-corrected chi connectivity index (χ1v) is 14.8. The number of carboxylic acid groups (broad SMARTS) is 1. The second kappa shape index (κ2) is 12.6. The Balaban J connectivity index is 1.26. The van der Waals surface area contributed by atoms with Gasteiger partial charge in [-0.1, -0.05) is 50.2 Å². The number of thiazole rings is 1. The van der Waals surface area contributed by atoms with Crippen molar-refractivity contribution in [1.29, 1.82) is 0 Å². The number of rotatable bonds is 8. The molecule has 2 N–H and O–H groups in total. The molecule has 8 nitrogen and oxygen atoms in total. The van der Waals surface area contributed by atoms with Gasteiger partial charge in [-0.05, 0) is 54.4 Å². The third-order valence-corrected chi connectivity index (χ3v) is 8.65. The predicted octanol–water partition coefficient (Wildman–Crippen LogP) is 6.88. The number of nitrogens with zero attached hydrogens (tertiary/aromatic N) is 2. The summed E-state index contributed by atoms with van der Waals surface area (Å²) in [6, 6.07) is 21.5. The molecule has 42 heavy (non-hydrogen) atoms. The average molecular weight is 584 g/mol. The lowest BCUT2D eigenvalue weighted by Gasteiger charge is -2.32. The average Bonchev–Trinajstić information content (AvgIpc) is 3.45. The van der Waals surface area contributed by atoms with E-state index in [0.29, 0.717) is 48.6 Å². The number of benzene rings is 3. The number of ether oxygens (including phenoxy) is 1. The number of aromatic carboxylic acids is 1. The smallest absolute Gasteiger partial charge is 0.335 e. The predicted molar refractivity (Wildman–Crippen MR) is 164 cm³/mol. The summed E-state index contributed by atoms with van der Waals surface area (Å²) < 4.78 is 6.03. The second-order valence-electron chi connectivity index (χ2n) is 10.7. The molecule has 0 saturated carbocycles. The summed E-state index contributed by atoms with van der Waals surface area (Å²) in [5.41, 5.74) is 3.44. The Morgan fingerprint density at radius 2 is 1.69 bits per heavy atom. The topological polar surface area (TPSA) is 109 Å². The van der Waals surface area contributed by atoms with Gasteiger partial charge in [0.2, 0.25) is 0 Å². The van der Waals surface area contributed by atoms with Gasteiger partial charge < -0.3 is 20.1 Å². The molecule has 5 rings (SSSR count). The molecule has 0 atom stereocenters. The highest BCUT2D eigenvalue weighted by atomic mass is 32.1. The van der Waals surface area contributed by atoms with Gasteiger partial charge in [0.25, 0.3) is 11.8 Å². The molecule has 1 fully saturated rings. The van der Waals surface area contributed by atoms with Crippen molar-refractivity contribution in [3.63, 3.8) is 0 Å². The number of hydrogen-bond donors (Lipinski definition) is 2. The van der Waals surface area contributed by atoms with Crippen LogP contribution in [0.2, 0.25) is 0 Å². The van der Waals surface area contributed by atoms with Crippen LogP contribution in [0.1, 0.15) is 74.4 Å². The lowest BCUT2D eigenvalue weighted by atomic mass is 10.0. The van der Waals surface area contributed by atoms with E-state index in [1.165, 1.54) is 23.5 Å². The molecule has 0 aliphatic carbocycles. The van der Waals surface area contributed by atoms with Crippen LogP contribution < -0.4 is 10.1 Å². The van der Waals surface area contributed by atoms with Gasteiger partial charge in [0.1, 0.15) is 17.5 Å². The number of aromatic nitrogens is 1. The number of nitrogens with one attached hydrogen (secondary N) is 1. The van der Waals surface area contributed by atoms with Crippen molar-refractivity contribution in [2.24, 2.45) is 0 Å². The van der Waals surface area contributed by atoms with Crippen LogP contribution >= 0.6 is 11.3 Å². The number of amides is 2. The third-order valence-electron chi connectivity index (χ3n) is 7.25. The summed E-state index contributed by atoms with van der Waals surface area (Å²) in [6.45, 7) is 7.06. The van der Waals surface area contributed by atoms with Crippen LogP contribution in [0, 0.1) is 6.92 Å². The third kappa shape index (κ3) is 6.52. The lowest BCUT2D eigenvalue weighted by Crippen LogP contribution is -2.42. The van der Waals surface area contributed by atoms with Crippen molar-refractivity contribution in [2.75, 3.05) is 18.4 Å². The van der Waals surface area contributed by atoms with Crippen molar-refractivity contribution >= 4 is 34.8 Å². The minimum atomic E-state index is -0.979. The Hall–Kier alpha value is -4.50. The summed E-state index contributed by atoms with van der Waals surface area (Å²) in [5.74, 6) is -0.579. The molecule has 1 aliphatic heterocycles. The summed E-state index contributed by atoms with van der Waals surface area (Å²) in [7, 11) is 0. The molecule has 0 spiro atoms. The van der Waals surface area contributed by atoms with Gasteiger partial charge in [0, 0.05) is 43.1 Å². The van der Waals surface area contributed by atoms with Gasteiger partial charge in [-0.25, -0.2) is 9.78 Å². The molecule has 0 radical (unpaired) electrons. The first kappa shape index (κ1) is 29.0. The molecule has 1 saturated heterocycles. The van der Waals surface area contributed by atoms with Gasteiger partial charge in [-0.3, -0.25) is 9.59 Å². The van der Waals surface area contributed by atoms with Crippen molar-refractivity contribution in [1.82, 2.24) is 9.88 Å². The zero-order valence-corrected chi connectivity index (χ0v) is 24.6. The highest BCUT2D eigenvalue weighted by Gasteiger charge is 2.26. The number of carboxylic acids is 1. The maximum atomic E-state index is 13.5. The van der Waals surface area contributed by atoms with Gasteiger partial charge in [-0.2, -0.15) is 0 Å². The molecule has 1 aliphatic rings. The number of anilines is 1. The van der Waals surface area contributed by atoms with E-state index in [2.05, 4.69) is 24.1 Å². The summed E-state index contributed by atoms with van der Waals surface area (Å²) in [4.78, 5) is 45.3. The van der Waals surface area contributed by atoms with Crippen LogP contribution in [0.25, 0.3) is 10.4 Å². The summed E-state index contributed by atoms with van der Waals surface area (Å²) in [5, 5.41) is 12.9. The Labute approximate surface area is 249 Å². The van der Waals surface area contributed by atoms with Gasteiger partial charge >= 0.3 is 5.97 Å². The Bertz CT molecular complexity index is 1590. The zero-order valence-electron chi connectivity index (χ0n) is 23.8. The number of likely N-dealkylation sites (tertiary alicyclic amines) is 1. The zero-order chi connectivity index (χ0) is 29.8. The van der Waals surface area contributed by atoms with Crippen molar-refractivity contribution < 1.29 is 24.2 Å². The quantitative estimate of drug-likeness (QED) is 0.234. The highest BCUT2D eigenvalue weighted by molar-refractivity contribution is 7.15. The first-order chi connectivity index (χ1) is 20.2. The lowest BCUT2D eigenvalue weighted by molar-refractivity contribution is 0.0594. The molecular formula is C33H33N3O5S. The van der Waals surface area contributed by atoms with E-state index in [9.17, 15) is 14.4 Å². The minimum absolute atomic E-state index is 0.0656. The largest absolute Gasteiger partial charge is 0.490 e. The number of aryl methyl sites for hydroxylation is 1. The number of carbonyl (C=O) groups is 3. The van der Waals surface area contributed by atoms with Crippen molar-refractivity contribution in [3.8, 4) is 16.2 Å². The van der Waals surface area contributed by atoms with Crippen LogP contribution in [0.4, 0.5) is 5.69 Å². The number of piperidine rings is 1. The molecule has 3 aromatic carbocycles. The first-order valence-electron chi connectivity index (χ1n) is 14.0. The molecular weight excluding hydrogens is 550 g/mol. The monoisotopic (exact) mass is 583 g/mol. The van der Waals surface area contributed by atoms with E-state index in [4.69, 9.17) is 9.84 Å². The normalized spacial score (nSPS) is 13.7. The fourth-order valence-electron chi connectivity index (χ4n) is 4.86. The molecule has 0 bridgehead atoms. The fourth-order valence-corrected chi connectivity index (χ4v) is 5.93. The molecule has 4 aromatic rings. The van der Waals surface area contributed by atoms with E-state index in [1.54, 1.807) is 24.3 Å². The maximum Gasteiger partial charge on any atom is 0.335 e. The van der Waals surface area contributed by atoms with Crippen LogP contribution in [0.15, 0.2) is 72.8 Å². The summed E-state index contributed by atoms with van der Waals surface area (Å²) >= 11 is 1.52. The molecule has 1 aromatic heterocycles. The standard InChI is InChI=1S/C33H33N3O5S/c1-20(2)31-35-28(29(42-31)22-7-5-4-6-8-22)30(37)34-24-12-9-21(3)27(19-24)32(38)36-17-15-26(16-18-36)41-25-13-10-23(11-14-25)33(39)40/h4-14,19-20,26H,15-18H2,1-3H3,(H,34,37)(H,39,40). The van der Waals surface area contributed by atoms with Crippen molar-refractivity contribution in [2.45, 2.75) is 45.6 Å². The molecule has 2 amide bonds. The van der Waals surface area contributed by atoms with E-state index < -0.39 is 5.97 Å². The van der Waals surface area contributed by atoms with E-state index >= 15 is 0 Å². The maximum absolute atomic E-state index is 13.5.